The van der Waals surface area contributed by atoms with Gasteiger partial charge < -0.3 is 9.32 Å². The van der Waals surface area contributed by atoms with Crippen molar-refractivity contribution in [3.8, 4) is 11.3 Å². The van der Waals surface area contributed by atoms with Crippen molar-refractivity contribution in [3.05, 3.63) is 52.6 Å². The summed E-state index contributed by atoms with van der Waals surface area (Å²) in [5.41, 5.74) is 1.41. The molecule has 154 valence electrons. The number of hydrogen-bond acceptors (Lipinski definition) is 6. The van der Waals surface area contributed by atoms with E-state index in [2.05, 4.69) is 0 Å². The highest BCUT2D eigenvalue weighted by Crippen LogP contribution is 2.33. The Morgan fingerprint density at radius 1 is 1.07 bits per heavy atom. The summed E-state index contributed by atoms with van der Waals surface area (Å²) in [6.45, 7) is 2.63. The molecule has 2 aliphatic rings. The second-order valence-corrected chi connectivity index (χ2v) is 8.18. The van der Waals surface area contributed by atoms with Crippen LogP contribution in [-0.4, -0.2) is 52.3 Å². The lowest BCUT2D eigenvalue weighted by Crippen LogP contribution is -2.40. The fourth-order valence-electron chi connectivity index (χ4n) is 3.42. The molecule has 8 heteroatoms. The molecular weight excluding hydrogens is 404 g/mol. The van der Waals surface area contributed by atoms with Crippen LogP contribution in [0, 0.1) is 0 Å². The third-order valence-electron chi connectivity index (χ3n) is 5.10. The normalized spacial score (nSPS) is 18.0. The maximum atomic E-state index is 12.6. The van der Waals surface area contributed by atoms with Crippen LogP contribution in [0.5, 0.6) is 0 Å². The summed E-state index contributed by atoms with van der Waals surface area (Å²) in [6.07, 6.45) is 3.41. The molecular formula is C22H20N2O5S. The molecule has 1 aromatic carbocycles. The van der Waals surface area contributed by atoms with Crippen molar-refractivity contribution < 1.29 is 23.6 Å². The number of rotatable bonds is 5. The second-order valence-electron chi connectivity index (χ2n) is 7.19. The van der Waals surface area contributed by atoms with Crippen LogP contribution < -0.4 is 0 Å². The molecule has 4 rings (SSSR count). The summed E-state index contributed by atoms with van der Waals surface area (Å²) in [4.78, 5) is 51.5. The number of Topliss-reactive ketones (excluding diaryl/α,β-unsaturated/α-hetero) is 1. The van der Waals surface area contributed by atoms with E-state index < -0.39 is 11.1 Å². The van der Waals surface area contributed by atoms with Crippen molar-refractivity contribution in [2.45, 2.75) is 19.8 Å². The zero-order valence-corrected chi connectivity index (χ0v) is 17.2. The van der Waals surface area contributed by atoms with Gasteiger partial charge in [-0.3, -0.25) is 24.1 Å². The molecule has 2 aromatic rings. The summed E-state index contributed by atoms with van der Waals surface area (Å²) in [6, 6.07) is 10.5. The lowest BCUT2D eigenvalue weighted by molar-refractivity contribution is -0.135. The van der Waals surface area contributed by atoms with Crippen LogP contribution in [0.25, 0.3) is 17.4 Å². The Kier molecular flexibility index (Phi) is 5.59. The number of likely N-dealkylation sites (tertiary alicyclic amines) is 1. The Balaban J connectivity index is 1.47. The van der Waals surface area contributed by atoms with E-state index in [1.807, 2.05) is 0 Å². The van der Waals surface area contributed by atoms with Crippen LogP contribution in [0.2, 0.25) is 0 Å². The standard InChI is InChI=1S/C22H20N2O5S/c1-14(25)15-4-6-16(7-5-15)18-9-8-17(29-18)12-19-21(27)24(22(28)30-19)13-20(26)23-10-2-3-11-23/h4-9,12H,2-3,10-11,13H2,1H3/b19-12+. The van der Waals surface area contributed by atoms with Gasteiger partial charge in [0.25, 0.3) is 11.1 Å². The summed E-state index contributed by atoms with van der Waals surface area (Å²) in [7, 11) is 0. The first kappa shape index (κ1) is 20.2. The van der Waals surface area contributed by atoms with E-state index in [9.17, 15) is 19.2 Å². The fourth-order valence-corrected chi connectivity index (χ4v) is 4.24. The van der Waals surface area contributed by atoms with Crippen molar-refractivity contribution in [1.82, 2.24) is 9.80 Å². The maximum absolute atomic E-state index is 12.6. The van der Waals surface area contributed by atoms with Crippen molar-refractivity contribution in [2.24, 2.45) is 0 Å². The van der Waals surface area contributed by atoms with Gasteiger partial charge in [0.15, 0.2) is 5.78 Å². The molecule has 2 saturated heterocycles. The van der Waals surface area contributed by atoms with Gasteiger partial charge in [-0.1, -0.05) is 24.3 Å². The lowest BCUT2D eigenvalue weighted by atomic mass is 10.1. The first-order chi connectivity index (χ1) is 14.4. The molecule has 0 aliphatic carbocycles. The molecule has 0 saturated carbocycles. The third-order valence-corrected chi connectivity index (χ3v) is 6.01. The zero-order valence-electron chi connectivity index (χ0n) is 16.4. The smallest absolute Gasteiger partial charge is 0.294 e. The average molecular weight is 424 g/mol. The monoisotopic (exact) mass is 424 g/mol. The van der Waals surface area contributed by atoms with E-state index in [1.165, 1.54) is 13.0 Å². The molecule has 3 amide bonds. The van der Waals surface area contributed by atoms with E-state index >= 15 is 0 Å². The Hall–Kier alpha value is -3.13. The van der Waals surface area contributed by atoms with Crippen molar-refractivity contribution in [2.75, 3.05) is 19.6 Å². The summed E-state index contributed by atoms with van der Waals surface area (Å²) >= 11 is 0.802. The molecule has 3 heterocycles. The van der Waals surface area contributed by atoms with Crippen LogP contribution in [0.3, 0.4) is 0 Å². The molecule has 1 aromatic heterocycles. The number of imide groups is 1. The quantitative estimate of drug-likeness (QED) is 0.536. The Labute approximate surface area is 177 Å². The molecule has 0 bridgehead atoms. The number of furan rings is 1. The summed E-state index contributed by atoms with van der Waals surface area (Å²) in [5.74, 6) is 0.309. The molecule has 2 aliphatic heterocycles. The van der Waals surface area contributed by atoms with E-state index in [4.69, 9.17) is 4.42 Å². The molecule has 0 unspecified atom stereocenters. The van der Waals surface area contributed by atoms with E-state index in [-0.39, 0.29) is 23.1 Å². The van der Waals surface area contributed by atoms with Crippen molar-refractivity contribution >= 4 is 40.7 Å². The van der Waals surface area contributed by atoms with Crippen LogP contribution in [0.4, 0.5) is 4.79 Å². The molecule has 0 atom stereocenters. The van der Waals surface area contributed by atoms with Gasteiger partial charge in [-0.25, -0.2) is 0 Å². The van der Waals surface area contributed by atoms with Crippen LogP contribution in [0.15, 0.2) is 45.7 Å². The topological polar surface area (TPSA) is 87.9 Å². The van der Waals surface area contributed by atoms with Gasteiger partial charge in [-0.05, 0) is 43.7 Å². The number of ketones is 1. The number of carbonyl (C=O) groups is 4. The number of thioether (sulfide) groups is 1. The highest BCUT2D eigenvalue weighted by Gasteiger charge is 2.37. The molecule has 7 nitrogen and oxygen atoms in total. The number of hydrogen-bond donors (Lipinski definition) is 0. The highest BCUT2D eigenvalue weighted by molar-refractivity contribution is 8.18. The molecule has 0 spiro atoms. The minimum absolute atomic E-state index is 0.0133. The minimum atomic E-state index is -0.485. The Morgan fingerprint density at radius 2 is 1.77 bits per heavy atom. The maximum Gasteiger partial charge on any atom is 0.294 e. The number of amides is 3. The van der Waals surface area contributed by atoms with Crippen molar-refractivity contribution in [3.63, 3.8) is 0 Å². The van der Waals surface area contributed by atoms with Crippen LogP contribution >= 0.6 is 11.8 Å². The fraction of sp³-hybridized carbons (Fsp3) is 0.273. The van der Waals surface area contributed by atoms with Crippen molar-refractivity contribution in [1.29, 1.82) is 0 Å². The Bertz CT molecular complexity index is 1050. The minimum Gasteiger partial charge on any atom is -0.457 e. The first-order valence-corrected chi connectivity index (χ1v) is 10.5. The van der Waals surface area contributed by atoms with Crippen LogP contribution in [0.1, 0.15) is 35.9 Å². The number of benzene rings is 1. The first-order valence-electron chi connectivity index (χ1n) is 9.67. The lowest BCUT2D eigenvalue weighted by Gasteiger charge is -2.18. The van der Waals surface area contributed by atoms with Gasteiger partial charge in [0, 0.05) is 30.3 Å². The average Bonchev–Trinajstić information content (AvgIpc) is 3.47. The van der Waals surface area contributed by atoms with Gasteiger partial charge in [0.1, 0.15) is 18.1 Å². The highest BCUT2D eigenvalue weighted by atomic mass is 32.2. The predicted molar refractivity (Wildman–Crippen MR) is 113 cm³/mol. The molecule has 2 fully saturated rings. The molecule has 30 heavy (non-hydrogen) atoms. The van der Waals surface area contributed by atoms with Gasteiger partial charge in [0.2, 0.25) is 5.91 Å². The second kappa shape index (κ2) is 8.31. The van der Waals surface area contributed by atoms with Gasteiger partial charge in [-0.2, -0.15) is 0 Å². The number of carbonyl (C=O) groups excluding carboxylic acids is 4. The number of nitrogens with zero attached hydrogens (tertiary/aromatic N) is 2. The van der Waals surface area contributed by atoms with Gasteiger partial charge in [-0.15, -0.1) is 0 Å². The van der Waals surface area contributed by atoms with E-state index in [0.717, 1.165) is 35.1 Å². The SMILES string of the molecule is CC(=O)c1ccc(-c2ccc(/C=C3/SC(=O)N(CC(=O)N4CCCC4)C3=O)o2)cc1. The Morgan fingerprint density at radius 3 is 2.43 bits per heavy atom. The van der Waals surface area contributed by atoms with Gasteiger partial charge in [0.05, 0.1) is 4.91 Å². The van der Waals surface area contributed by atoms with Crippen LogP contribution in [-0.2, 0) is 9.59 Å². The van der Waals surface area contributed by atoms with E-state index in [0.29, 0.717) is 30.2 Å². The largest absolute Gasteiger partial charge is 0.457 e. The summed E-state index contributed by atoms with van der Waals surface area (Å²) in [5, 5.41) is -0.453. The predicted octanol–water partition coefficient (Wildman–Crippen LogP) is 3.81. The van der Waals surface area contributed by atoms with Gasteiger partial charge >= 0.3 is 0 Å². The zero-order chi connectivity index (χ0) is 21.3. The van der Waals surface area contributed by atoms with E-state index in [1.54, 1.807) is 41.3 Å². The third kappa shape index (κ3) is 4.09. The molecule has 0 N–H and O–H groups in total. The molecule has 0 radical (unpaired) electrons. The summed E-state index contributed by atoms with van der Waals surface area (Å²) < 4.78 is 5.78.